The molecule has 2 atom stereocenters. The summed E-state index contributed by atoms with van der Waals surface area (Å²) in [7, 11) is 0. The van der Waals surface area contributed by atoms with Gasteiger partial charge < -0.3 is 5.11 Å². The van der Waals surface area contributed by atoms with Gasteiger partial charge in [-0.3, -0.25) is 9.20 Å². The van der Waals surface area contributed by atoms with Crippen LogP contribution in [0.1, 0.15) is 29.7 Å². The van der Waals surface area contributed by atoms with Crippen LogP contribution >= 0.6 is 0 Å². The molecule has 0 saturated heterocycles. The number of nitrogens with zero attached hydrogens (tertiary/aromatic N) is 4. The van der Waals surface area contributed by atoms with Gasteiger partial charge in [-0.1, -0.05) is 0 Å². The Bertz CT molecular complexity index is 619. The van der Waals surface area contributed by atoms with Crippen molar-refractivity contribution in [3.63, 3.8) is 0 Å². The van der Waals surface area contributed by atoms with Gasteiger partial charge in [0.25, 0.3) is 0 Å². The van der Waals surface area contributed by atoms with Crippen LogP contribution in [0.5, 0.6) is 0 Å². The summed E-state index contributed by atoms with van der Waals surface area (Å²) in [5.74, 6) is 0.423. The molecule has 6 heteroatoms. The molecule has 2 aromatic rings. The second-order valence-electron chi connectivity index (χ2n) is 4.48. The summed E-state index contributed by atoms with van der Waals surface area (Å²) in [5.41, 5.74) is 1.63. The highest BCUT2D eigenvalue weighted by atomic mass is 16.4. The third kappa shape index (κ3) is 1.48. The molecule has 0 radical (unpaired) electrons. The zero-order valence-corrected chi connectivity index (χ0v) is 9.58. The van der Waals surface area contributed by atoms with E-state index in [0.29, 0.717) is 6.42 Å². The van der Waals surface area contributed by atoms with Gasteiger partial charge in [0.1, 0.15) is 11.6 Å². The van der Waals surface area contributed by atoms with Crippen molar-refractivity contribution in [3.05, 3.63) is 23.4 Å². The highest BCUT2D eigenvalue weighted by molar-refractivity contribution is 5.75. The predicted molar refractivity (Wildman–Crippen MR) is 58.7 cm³/mol. The first-order chi connectivity index (χ1) is 8.08. The van der Waals surface area contributed by atoms with E-state index >= 15 is 0 Å². The van der Waals surface area contributed by atoms with E-state index in [0.717, 1.165) is 23.0 Å². The van der Waals surface area contributed by atoms with Gasteiger partial charge in [-0.05, 0) is 20.3 Å². The van der Waals surface area contributed by atoms with Crippen molar-refractivity contribution in [2.75, 3.05) is 0 Å². The maximum atomic E-state index is 10.9. The smallest absolute Gasteiger partial charge is 0.307 e. The summed E-state index contributed by atoms with van der Waals surface area (Å²) in [6.45, 7) is 3.78. The van der Waals surface area contributed by atoms with Gasteiger partial charge >= 0.3 is 5.97 Å². The molecular weight excluding hydrogens is 220 g/mol. The first-order valence-corrected chi connectivity index (χ1v) is 5.50. The molecule has 0 spiro atoms. The SMILES string of the molecule is Cc1cc2nnc(C3CC3C(=O)O)n2c(C)n1. The van der Waals surface area contributed by atoms with E-state index in [9.17, 15) is 4.79 Å². The van der Waals surface area contributed by atoms with E-state index in [4.69, 9.17) is 5.11 Å². The Morgan fingerprint density at radius 2 is 2.24 bits per heavy atom. The van der Waals surface area contributed by atoms with Crippen LogP contribution in [0.2, 0.25) is 0 Å². The van der Waals surface area contributed by atoms with Crippen LogP contribution < -0.4 is 0 Å². The Labute approximate surface area is 97.3 Å². The molecular formula is C11H12N4O2. The van der Waals surface area contributed by atoms with Gasteiger partial charge in [-0.25, -0.2) is 4.98 Å². The minimum Gasteiger partial charge on any atom is -0.481 e. The topological polar surface area (TPSA) is 80.4 Å². The van der Waals surface area contributed by atoms with Crippen molar-refractivity contribution >= 4 is 11.6 Å². The van der Waals surface area contributed by atoms with Crippen molar-refractivity contribution in [2.45, 2.75) is 26.2 Å². The molecule has 2 heterocycles. The van der Waals surface area contributed by atoms with Gasteiger partial charge in [-0.15, -0.1) is 10.2 Å². The summed E-state index contributed by atoms with van der Waals surface area (Å²) < 4.78 is 1.85. The molecule has 2 aromatic heterocycles. The lowest BCUT2D eigenvalue weighted by molar-refractivity contribution is -0.138. The molecule has 0 bridgehead atoms. The fourth-order valence-corrected chi connectivity index (χ4v) is 2.25. The van der Waals surface area contributed by atoms with E-state index in [1.807, 2.05) is 24.3 Å². The van der Waals surface area contributed by atoms with Gasteiger partial charge in [0.2, 0.25) is 0 Å². The zero-order chi connectivity index (χ0) is 12.2. The van der Waals surface area contributed by atoms with Crippen molar-refractivity contribution in [2.24, 2.45) is 5.92 Å². The molecule has 6 nitrogen and oxygen atoms in total. The monoisotopic (exact) mass is 232 g/mol. The van der Waals surface area contributed by atoms with Gasteiger partial charge in [-0.2, -0.15) is 0 Å². The minimum atomic E-state index is -0.760. The summed E-state index contributed by atoms with van der Waals surface area (Å²) in [6.07, 6.45) is 0.642. The molecule has 1 saturated carbocycles. The molecule has 88 valence electrons. The number of carboxylic acid groups (broad SMARTS) is 1. The quantitative estimate of drug-likeness (QED) is 0.833. The second-order valence-corrected chi connectivity index (χ2v) is 4.48. The molecule has 1 aliphatic rings. The molecule has 2 unspecified atom stereocenters. The second kappa shape index (κ2) is 3.26. The molecule has 1 aliphatic carbocycles. The average molecular weight is 232 g/mol. The number of rotatable bonds is 2. The molecule has 3 rings (SSSR count). The Hall–Kier alpha value is -1.98. The Kier molecular flexibility index (Phi) is 1.95. The number of aromatic nitrogens is 4. The lowest BCUT2D eigenvalue weighted by Gasteiger charge is -2.03. The standard InChI is InChI=1S/C11H12N4O2/c1-5-3-9-13-14-10(15(9)6(2)12-5)7-4-8(7)11(16)17/h3,7-8H,4H2,1-2H3,(H,16,17). The Morgan fingerprint density at radius 1 is 1.47 bits per heavy atom. The first kappa shape index (κ1) is 10.2. The van der Waals surface area contributed by atoms with Crippen LogP contribution in [-0.4, -0.2) is 30.7 Å². The molecule has 0 aliphatic heterocycles. The predicted octanol–water partition coefficient (Wildman–Crippen LogP) is 0.929. The van der Waals surface area contributed by atoms with Crippen LogP contribution in [0, 0.1) is 19.8 Å². The maximum absolute atomic E-state index is 10.9. The van der Waals surface area contributed by atoms with Crippen LogP contribution in [0.15, 0.2) is 6.07 Å². The Morgan fingerprint density at radius 3 is 2.88 bits per heavy atom. The van der Waals surface area contributed by atoms with Crippen molar-refractivity contribution < 1.29 is 9.90 Å². The number of aliphatic carboxylic acids is 1. The van der Waals surface area contributed by atoms with Gasteiger partial charge in [0.05, 0.1) is 5.92 Å². The average Bonchev–Trinajstić information content (AvgIpc) is 2.93. The zero-order valence-electron chi connectivity index (χ0n) is 9.58. The molecule has 0 amide bonds. The largest absolute Gasteiger partial charge is 0.481 e. The van der Waals surface area contributed by atoms with Gasteiger partial charge in [0, 0.05) is 17.7 Å². The lowest BCUT2D eigenvalue weighted by atomic mass is 10.3. The third-order valence-corrected chi connectivity index (χ3v) is 3.15. The summed E-state index contributed by atoms with van der Waals surface area (Å²) in [5, 5.41) is 17.1. The van der Waals surface area contributed by atoms with Crippen LogP contribution in [0.3, 0.4) is 0 Å². The summed E-state index contributed by atoms with van der Waals surface area (Å²) in [6, 6.07) is 1.85. The fourth-order valence-electron chi connectivity index (χ4n) is 2.25. The fraction of sp³-hybridized carbons (Fsp3) is 0.455. The van der Waals surface area contributed by atoms with E-state index < -0.39 is 5.97 Å². The molecule has 17 heavy (non-hydrogen) atoms. The van der Waals surface area contributed by atoms with Gasteiger partial charge in [0.15, 0.2) is 5.65 Å². The highest BCUT2D eigenvalue weighted by Crippen LogP contribution is 2.46. The van der Waals surface area contributed by atoms with Crippen molar-refractivity contribution in [1.82, 2.24) is 19.6 Å². The summed E-state index contributed by atoms with van der Waals surface area (Å²) >= 11 is 0. The lowest BCUT2D eigenvalue weighted by Crippen LogP contribution is -2.04. The van der Waals surface area contributed by atoms with E-state index in [1.54, 1.807) is 0 Å². The Balaban J connectivity index is 2.10. The van der Waals surface area contributed by atoms with E-state index in [2.05, 4.69) is 15.2 Å². The van der Waals surface area contributed by atoms with Crippen molar-refractivity contribution in [1.29, 1.82) is 0 Å². The van der Waals surface area contributed by atoms with Crippen molar-refractivity contribution in [3.8, 4) is 0 Å². The molecule has 0 aromatic carbocycles. The number of hydrogen-bond donors (Lipinski definition) is 1. The maximum Gasteiger partial charge on any atom is 0.307 e. The normalized spacial score (nSPS) is 22.9. The van der Waals surface area contributed by atoms with Crippen LogP contribution in [0.25, 0.3) is 5.65 Å². The van der Waals surface area contributed by atoms with E-state index in [1.165, 1.54) is 0 Å². The number of fused-ring (bicyclic) bond motifs is 1. The number of aryl methyl sites for hydroxylation is 2. The van der Waals surface area contributed by atoms with E-state index in [-0.39, 0.29) is 11.8 Å². The van der Waals surface area contributed by atoms with Crippen LogP contribution in [0.4, 0.5) is 0 Å². The third-order valence-electron chi connectivity index (χ3n) is 3.15. The minimum absolute atomic E-state index is 0.0225. The number of carboxylic acids is 1. The number of carbonyl (C=O) groups is 1. The highest BCUT2D eigenvalue weighted by Gasteiger charge is 2.47. The first-order valence-electron chi connectivity index (χ1n) is 5.50. The molecule has 1 N–H and O–H groups in total. The number of hydrogen-bond acceptors (Lipinski definition) is 4. The molecule has 1 fully saturated rings. The summed E-state index contributed by atoms with van der Waals surface area (Å²) in [4.78, 5) is 15.2. The van der Waals surface area contributed by atoms with Crippen LogP contribution in [-0.2, 0) is 4.79 Å².